The maximum absolute atomic E-state index is 11.8. The Morgan fingerprint density at radius 3 is 2.71 bits per heavy atom. The molecule has 0 radical (unpaired) electrons. The topological polar surface area (TPSA) is 43.4 Å². The highest BCUT2D eigenvalue weighted by molar-refractivity contribution is 6.01. The van der Waals surface area contributed by atoms with Crippen molar-refractivity contribution in [3.63, 3.8) is 0 Å². The van der Waals surface area contributed by atoms with E-state index in [-0.39, 0.29) is 28.7 Å². The Kier molecular flexibility index (Phi) is 3.56. The summed E-state index contributed by atoms with van der Waals surface area (Å²) in [5.74, 6) is 1.96. The molecule has 0 N–H and O–H groups in total. The fourth-order valence-corrected chi connectivity index (χ4v) is 6.54. The van der Waals surface area contributed by atoms with E-state index in [4.69, 9.17) is 4.74 Å². The Balaban J connectivity index is 1.63. The van der Waals surface area contributed by atoms with Gasteiger partial charge in [-0.1, -0.05) is 25.5 Å². The molecule has 6 atom stereocenters. The summed E-state index contributed by atoms with van der Waals surface area (Å²) in [5.41, 5.74) is 1.53. The van der Waals surface area contributed by atoms with Crippen molar-refractivity contribution in [3.05, 3.63) is 23.8 Å². The van der Waals surface area contributed by atoms with Crippen molar-refractivity contribution in [1.82, 2.24) is 0 Å². The number of carbonyl (C=O) groups excluding carboxylic acids is 2. The van der Waals surface area contributed by atoms with Gasteiger partial charge in [0.1, 0.15) is 6.10 Å². The highest BCUT2D eigenvalue weighted by atomic mass is 16.5. The quantitative estimate of drug-likeness (QED) is 0.677. The van der Waals surface area contributed by atoms with Crippen LogP contribution in [0.4, 0.5) is 0 Å². The van der Waals surface area contributed by atoms with Gasteiger partial charge in [0.05, 0.1) is 0 Å². The molecule has 0 aromatic carbocycles. The molecule has 3 fully saturated rings. The van der Waals surface area contributed by atoms with Crippen molar-refractivity contribution in [1.29, 1.82) is 0 Å². The molecule has 0 saturated heterocycles. The zero-order valence-corrected chi connectivity index (χ0v) is 15.0. The average Bonchev–Trinajstić information content (AvgIpc) is 2.84. The summed E-state index contributed by atoms with van der Waals surface area (Å²) in [6, 6.07) is 0. The number of hydrogen-bond donors (Lipinski definition) is 0. The second kappa shape index (κ2) is 5.31. The number of fused-ring (bicyclic) bond motifs is 5. The van der Waals surface area contributed by atoms with E-state index in [0.29, 0.717) is 17.8 Å². The predicted molar refractivity (Wildman–Crippen MR) is 92.2 cm³/mol. The van der Waals surface area contributed by atoms with Gasteiger partial charge in [-0.15, -0.1) is 0 Å². The lowest BCUT2D eigenvalue weighted by atomic mass is 9.48. The standard InChI is InChI=1S/C21H28O3/c1-13(22)24-19-7-6-17-16-5-4-14-12-15(23)8-10-20(14,2)18(16)9-11-21(17,19)3/h8,10,12,16-19H,4-7,9,11H2,1-3H3/t16?,17?,18?,19-,20?,21?/m0/s1. The minimum absolute atomic E-state index is 0.0533. The van der Waals surface area contributed by atoms with Gasteiger partial charge < -0.3 is 4.74 Å². The first-order valence-electron chi connectivity index (χ1n) is 9.46. The molecule has 3 nitrogen and oxygen atoms in total. The lowest BCUT2D eigenvalue weighted by molar-refractivity contribution is -0.156. The second-order valence-corrected chi connectivity index (χ2v) is 8.82. The van der Waals surface area contributed by atoms with Gasteiger partial charge >= 0.3 is 5.97 Å². The van der Waals surface area contributed by atoms with Crippen molar-refractivity contribution < 1.29 is 14.3 Å². The van der Waals surface area contributed by atoms with Crippen molar-refractivity contribution >= 4 is 11.8 Å². The molecule has 0 aliphatic heterocycles. The van der Waals surface area contributed by atoms with Gasteiger partial charge in [-0.25, -0.2) is 0 Å². The first-order valence-corrected chi connectivity index (χ1v) is 9.46. The first-order chi connectivity index (χ1) is 11.3. The van der Waals surface area contributed by atoms with Gasteiger partial charge in [0, 0.05) is 17.8 Å². The Bertz CT molecular complexity index is 645. The Morgan fingerprint density at radius 1 is 1.17 bits per heavy atom. The number of esters is 1. The van der Waals surface area contributed by atoms with E-state index in [1.165, 1.54) is 31.8 Å². The number of hydrogen-bond acceptors (Lipinski definition) is 3. The van der Waals surface area contributed by atoms with Crippen LogP contribution in [0.3, 0.4) is 0 Å². The summed E-state index contributed by atoms with van der Waals surface area (Å²) < 4.78 is 5.70. The molecular formula is C21H28O3. The van der Waals surface area contributed by atoms with Gasteiger partial charge in [0.15, 0.2) is 5.78 Å². The molecule has 0 bridgehead atoms. The Morgan fingerprint density at radius 2 is 1.96 bits per heavy atom. The van der Waals surface area contributed by atoms with Crippen LogP contribution in [0, 0.1) is 28.6 Å². The van der Waals surface area contributed by atoms with E-state index in [0.717, 1.165) is 19.3 Å². The van der Waals surface area contributed by atoms with E-state index in [1.54, 1.807) is 6.08 Å². The molecule has 4 aliphatic rings. The number of rotatable bonds is 1. The van der Waals surface area contributed by atoms with Crippen molar-refractivity contribution in [2.45, 2.75) is 65.4 Å². The molecule has 0 heterocycles. The van der Waals surface area contributed by atoms with Crippen LogP contribution in [-0.2, 0) is 14.3 Å². The van der Waals surface area contributed by atoms with Crippen LogP contribution in [0.2, 0.25) is 0 Å². The Labute approximate surface area is 144 Å². The summed E-state index contributed by atoms with van der Waals surface area (Å²) in [6.45, 7) is 6.22. The third-order valence-electron chi connectivity index (χ3n) is 7.78. The first kappa shape index (κ1) is 16.1. The normalized spacial score (nSPS) is 46.6. The van der Waals surface area contributed by atoms with Crippen molar-refractivity contribution in [3.8, 4) is 0 Å². The monoisotopic (exact) mass is 328 g/mol. The fraction of sp³-hybridized carbons (Fsp3) is 0.714. The third kappa shape index (κ3) is 2.16. The van der Waals surface area contributed by atoms with Gasteiger partial charge in [0.25, 0.3) is 0 Å². The summed E-state index contributed by atoms with van der Waals surface area (Å²) in [4.78, 5) is 23.3. The van der Waals surface area contributed by atoms with Crippen LogP contribution < -0.4 is 0 Å². The van der Waals surface area contributed by atoms with Crippen LogP contribution in [-0.4, -0.2) is 17.9 Å². The zero-order valence-electron chi connectivity index (χ0n) is 15.0. The molecule has 130 valence electrons. The highest BCUT2D eigenvalue weighted by Crippen LogP contribution is 2.64. The lowest BCUT2D eigenvalue weighted by Crippen LogP contribution is -2.50. The molecule has 0 amide bonds. The smallest absolute Gasteiger partial charge is 0.302 e. The molecule has 3 heteroatoms. The van der Waals surface area contributed by atoms with Crippen LogP contribution in [0.1, 0.15) is 59.3 Å². The maximum atomic E-state index is 11.8. The number of allylic oxidation sites excluding steroid dienone is 4. The van der Waals surface area contributed by atoms with Gasteiger partial charge in [-0.3, -0.25) is 9.59 Å². The van der Waals surface area contributed by atoms with Gasteiger partial charge in [-0.2, -0.15) is 0 Å². The minimum atomic E-state index is -0.140. The van der Waals surface area contributed by atoms with Crippen LogP contribution in [0.15, 0.2) is 23.8 Å². The summed E-state index contributed by atoms with van der Waals surface area (Å²) in [7, 11) is 0. The van der Waals surface area contributed by atoms with Gasteiger partial charge in [-0.05, 0) is 68.4 Å². The molecular weight excluding hydrogens is 300 g/mol. The lowest BCUT2D eigenvalue weighted by Gasteiger charge is -2.56. The zero-order chi connectivity index (χ0) is 17.1. The molecule has 0 spiro atoms. The molecule has 3 saturated carbocycles. The average molecular weight is 328 g/mol. The third-order valence-corrected chi connectivity index (χ3v) is 7.78. The number of ketones is 1. The molecule has 0 aromatic heterocycles. The second-order valence-electron chi connectivity index (χ2n) is 8.82. The molecule has 4 rings (SSSR count). The predicted octanol–water partition coefficient (Wildman–Crippen LogP) is 4.23. The van der Waals surface area contributed by atoms with Crippen molar-refractivity contribution in [2.24, 2.45) is 28.6 Å². The SMILES string of the molecule is CC(=O)O[C@H]1CCC2C3CCC4=CC(=O)C=CC4(C)C3CCC21C. The van der Waals surface area contributed by atoms with E-state index >= 15 is 0 Å². The van der Waals surface area contributed by atoms with Crippen LogP contribution >= 0.6 is 0 Å². The van der Waals surface area contributed by atoms with E-state index < -0.39 is 0 Å². The molecule has 0 aromatic rings. The highest BCUT2D eigenvalue weighted by Gasteiger charge is 2.59. The number of carbonyl (C=O) groups is 2. The molecule has 5 unspecified atom stereocenters. The summed E-state index contributed by atoms with van der Waals surface area (Å²) in [6.07, 6.45) is 12.6. The van der Waals surface area contributed by atoms with E-state index in [1.807, 2.05) is 6.08 Å². The van der Waals surface area contributed by atoms with E-state index in [9.17, 15) is 9.59 Å². The maximum Gasteiger partial charge on any atom is 0.302 e. The van der Waals surface area contributed by atoms with Crippen molar-refractivity contribution in [2.75, 3.05) is 0 Å². The molecule has 4 aliphatic carbocycles. The van der Waals surface area contributed by atoms with Gasteiger partial charge in [0.2, 0.25) is 0 Å². The van der Waals surface area contributed by atoms with Crippen LogP contribution in [0.25, 0.3) is 0 Å². The molecule has 24 heavy (non-hydrogen) atoms. The van der Waals surface area contributed by atoms with Crippen LogP contribution in [0.5, 0.6) is 0 Å². The number of ether oxygens (including phenoxy) is 1. The summed E-state index contributed by atoms with van der Waals surface area (Å²) in [5, 5.41) is 0. The Hall–Kier alpha value is -1.38. The van der Waals surface area contributed by atoms with E-state index in [2.05, 4.69) is 19.9 Å². The largest absolute Gasteiger partial charge is 0.462 e. The minimum Gasteiger partial charge on any atom is -0.462 e. The summed E-state index contributed by atoms with van der Waals surface area (Å²) >= 11 is 0. The fourth-order valence-electron chi connectivity index (χ4n) is 6.54.